The molecular formula is C18H21BrO2. The highest BCUT2D eigenvalue weighted by Gasteiger charge is 2.15. The van der Waals surface area contributed by atoms with Crippen molar-refractivity contribution in [3.63, 3.8) is 0 Å². The van der Waals surface area contributed by atoms with Crippen LogP contribution < -0.4 is 9.47 Å². The van der Waals surface area contributed by atoms with Gasteiger partial charge in [-0.25, -0.2) is 0 Å². The molecule has 0 fully saturated rings. The Hall–Kier alpha value is -1.48. The van der Waals surface area contributed by atoms with Crippen molar-refractivity contribution in [2.24, 2.45) is 0 Å². The minimum atomic E-state index is 0.105. The molecule has 0 radical (unpaired) electrons. The lowest BCUT2D eigenvalue weighted by atomic mass is 10.0. The summed E-state index contributed by atoms with van der Waals surface area (Å²) in [5.74, 6) is 1.82. The zero-order valence-electron chi connectivity index (χ0n) is 12.7. The summed E-state index contributed by atoms with van der Waals surface area (Å²) in [6.45, 7) is 6.72. The van der Waals surface area contributed by atoms with Crippen LogP contribution in [0, 0.1) is 0 Å². The minimum absolute atomic E-state index is 0.105. The lowest BCUT2D eigenvalue weighted by Crippen LogP contribution is -2.05. The molecule has 2 rings (SSSR count). The minimum Gasteiger partial charge on any atom is -0.494 e. The smallest absolute Gasteiger partial charge is 0.123 e. The van der Waals surface area contributed by atoms with Gasteiger partial charge in [0.25, 0.3) is 0 Å². The predicted octanol–water partition coefficient (Wildman–Crippen LogP) is 5.36. The van der Waals surface area contributed by atoms with Crippen LogP contribution >= 0.6 is 15.9 Å². The Morgan fingerprint density at radius 1 is 1.00 bits per heavy atom. The Labute approximate surface area is 135 Å². The molecule has 2 aromatic rings. The van der Waals surface area contributed by atoms with Gasteiger partial charge in [-0.1, -0.05) is 46.3 Å². The van der Waals surface area contributed by atoms with Crippen LogP contribution in [0.15, 0.2) is 48.5 Å². The van der Waals surface area contributed by atoms with Gasteiger partial charge in [0, 0.05) is 5.56 Å². The molecule has 0 saturated carbocycles. The van der Waals surface area contributed by atoms with Crippen molar-refractivity contribution in [3.05, 3.63) is 59.7 Å². The van der Waals surface area contributed by atoms with Gasteiger partial charge in [-0.05, 0) is 44.5 Å². The maximum atomic E-state index is 5.70. The number of rotatable bonds is 6. The lowest BCUT2D eigenvalue weighted by molar-refractivity contribution is 0.242. The van der Waals surface area contributed by atoms with Crippen molar-refractivity contribution >= 4 is 15.9 Å². The van der Waals surface area contributed by atoms with Gasteiger partial charge in [0.15, 0.2) is 0 Å². The molecule has 0 heterocycles. The summed E-state index contributed by atoms with van der Waals surface area (Å²) in [6.07, 6.45) is 0.189. The second-order valence-corrected chi connectivity index (χ2v) is 5.98. The van der Waals surface area contributed by atoms with E-state index in [0.717, 1.165) is 17.1 Å². The van der Waals surface area contributed by atoms with Gasteiger partial charge < -0.3 is 9.47 Å². The van der Waals surface area contributed by atoms with E-state index in [9.17, 15) is 0 Å². The number of halogens is 1. The quantitative estimate of drug-likeness (QED) is 0.654. The van der Waals surface area contributed by atoms with Crippen LogP contribution in [0.2, 0.25) is 0 Å². The van der Waals surface area contributed by atoms with Crippen LogP contribution in [0.25, 0.3) is 0 Å². The van der Waals surface area contributed by atoms with Gasteiger partial charge >= 0.3 is 0 Å². The van der Waals surface area contributed by atoms with Crippen LogP contribution in [0.4, 0.5) is 0 Å². The Kier molecular flexibility index (Phi) is 5.68. The first-order chi connectivity index (χ1) is 10.1. The van der Waals surface area contributed by atoms with Crippen LogP contribution in [0.1, 0.15) is 36.7 Å². The molecule has 0 aliphatic rings. The first-order valence-electron chi connectivity index (χ1n) is 7.24. The van der Waals surface area contributed by atoms with Crippen molar-refractivity contribution in [2.75, 3.05) is 6.61 Å². The molecule has 0 saturated heterocycles. The number of alkyl halides is 1. The number of para-hydroxylation sites is 1. The molecular weight excluding hydrogens is 328 g/mol. The summed E-state index contributed by atoms with van der Waals surface area (Å²) in [5, 5.41) is 0. The van der Waals surface area contributed by atoms with E-state index in [1.807, 2.05) is 51.1 Å². The third-order valence-electron chi connectivity index (χ3n) is 3.04. The molecule has 0 bridgehead atoms. The fraction of sp³-hybridized carbons (Fsp3) is 0.333. The fourth-order valence-corrected chi connectivity index (χ4v) is 2.83. The largest absolute Gasteiger partial charge is 0.494 e. The van der Waals surface area contributed by atoms with E-state index < -0.39 is 0 Å². The monoisotopic (exact) mass is 348 g/mol. The molecule has 112 valence electrons. The summed E-state index contributed by atoms with van der Waals surface area (Å²) in [6, 6.07) is 16.3. The van der Waals surface area contributed by atoms with Gasteiger partial charge in [0.05, 0.1) is 17.5 Å². The van der Waals surface area contributed by atoms with E-state index in [4.69, 9.17) is 9.47 Å². The van der Waals surface area contributed by atoms with Crippen molar-refractivity contribution < 1.29 is 9.47 Å². The number of benzene rings is 2. The summed E-state index contributed by atoms with van der Waals surface area (Å²) < 4.78 is 11.4. The number of hydrogen-bond donors (Lipinski definition) is 0. The first kappa shape index (κ1) is 15.9. The molecule has 21 heavy (non-hydrogen) atoms. The lowest BCUT2D eigenvalue weighted by Gasteiger charge is -2.16. The second-order valence-electron chi connectivity index (χ2n) is 5.07. The summed E-state index contributed by atoms with van der Waals surface area (Å²) in [5.41, 5.74) is 2.31. The predicted molar refractivity (Wildman–Crippen MR) is 90.6 cm³/mol. The topological polar surface area (TPSA) is 18.5 Å². The Morgan fingerprint density at radius 3 is 2.29 bits per heavy atom. The van der Waals surface area contributed by atoms with Gasteiger partial charge in [-0.15, -0.1) is 0 Å². The van der Waals surface area contributed by atoms with Crippen LogP contribution in [0.5, 0.6) is 11.5 Å². The van der Waals surface area contributed by atoms with E-state index in [0.29, 0.717) is 6.61 Å². The van der Waals surface area contributed by atoms with Crippen LogP contribution in [0.3, 0.4) is 0 Å². The highest BCUT2D eigenvalue weighted by atomic mass is 79.9. The Bertz CT molecular complexity index is 564. The molecule has 3 heteroatoms. The number of ether oxygens (including phenoxy) is 2. The molecule has 0 spiro atoms. The molecule has 2 aromatic carbocycles. The molecule has 0 aliphatic carbocycles. The Morgan fingerprint density at radius 2 is 1.67 bits per heavy atom. The van der Waals surface area contributed by atoms with Gasteiger partial charge in [-0.2, -0.15) is 0 Å². The molecule has 1 atom stereocenters. The fourth-order valence-electron chi connectivity index (χ4n) is 2.14. The Balaban J connectivity index is 2.21. The molecule has 0 N–H and O–H groups in total. The van der Waals surface area contributed by atoms with E-state index >= 15 is 0 Å². The molecule has 0 aliphatic heterocycles. The summed E-state index contributed by atoms with van der Waals surface area (Å²) >= 11 is 3.77. The van der Waals surface area contributed by atoms with Crippen molar-refractivity contribution in [3.8, 4) is 11.5 Å². The molecule has 2 nitrogen and oxygen atoms in total. The zero-order valence-corrected chi connectivity index (χ0v) is 14.3. The second kappa shape index (κ2) is 7.51. The third-order valence-corrected chi connectivity index (χ3v) is 4.06. The van der Waals surface area contributed by atoms with Gasteiger partial charge in [-0.3, -0.25) is 0 Å². The SMILES string of the molecule is CCOc1ccccc1C(Br)c1ccc(OC(C)C)cc1. The zero-order chi connectivity index (χ0) is 15.2. The molecule has 1 unspecified atom stereocenters. The number of hydrogen-bond acceptors (Lipinski definition) is 2. The van der Waals surface area contributed by atoms with E-state index in [-0.39, 0.29) is 10.9 Å². The molecule has 0 aromatic heterocycles. The normalized spacial score (nSPS) is 12.2. The summed E-state index contributed by atoms with van der Waals surface area (Å²) in [4.78, 5) is 0.105. The standard InChI is InChI=1S/C18H21BrO2/c1-4-20-17-8-6-5-7-16(17)18(19)14-9-11-15(12-10-14)21-13(2)3/h5-13,18H,4H2,1-3H3. The third kappa shape index (κ3) is 4.24. The van der Waals surface area contributed by atoms with Gasteiger partial charge in [0.2, 0.25) is 0 Å². The highest BCUT2D eigenvalue weighted by molar-refractivity contribution is 9.09. The van der Waals surface area contributed by atoms with E-state index in [1.54, 1.807) is 0 Å². The van der Waals surface area contributed by atoms with E-state index in [2.05, 4.69) is 34.1 Å². The summed E-state index contributed by atoms with van der Waals surface area (Å²) in [7, 11) is 0. The first-order valence-corrected chi connectivity index (χ1v) is 8.15. The van der Waals surface area contributed by atoms with Crippen molar-refractivity contribution in [1.82, 2.24) is 0 Å². The average molecular weight is 349 g/mol. The van der Waals surface area contributed by atoms with E-state index in [1.165, 1.54) is 5.56 Å². The van der Waals surface area contributed by atoms with Crippen molar-refractivity contribution in [2.45, 2.75) is 31.7 Å². The average Bonchev–Trinajstić information content (AvgIpc) is 2.48. The van der Waals surface area contributed by atoms with Crippen LogP contribution in [-0.2, 0) is 0 Å². The highest BCUT2D eigenvalue weighted by Crippen LogP contribution is 2.37. The maximum Gasteiger partial charge on any atom is 0.123 e. The maximum absolute atomic E-state index is 5.70. The van der Waals surface area contributed by atoms with Crippen LogP contribution in [-0.4, -0.2) is 12.7 Å². The van der Waals surface area contributed by atoms with Crippen molar-refractivity contribution in [1.29, 1.82) is 0 Å². The van der Waals surface area contributed by atoms with Gasteiger partial charge in [0.1, 0.15) is 11.5 Å². The molecule has 0 amide bonds.